The third-order valence-electron chi connectivity index (χ3n) is 4.75. The van der Waals surface area contributed by atoms with Gasteiger partial charge >= 0.3 is 0 Å². The maximum absolute atomic E-state index is 12.4. The zero-order valence-corrected chi connectivity index (χ0v) is 15.0. The molecular weight excluding hydrogens is 328 g/mol. The Balaban J connectivity index is 1.65. The molecule has 1 atom stereocenters. The summed E-state index contributed by atoms with van der Waals surface area (Å²) < 4.78 is 25.1. The van der Waals surface area contributed by atoms with E-state index in [4.69, 9.17) is 0 Å². The molecule has 1 amide bonds. The molecule has 1 N–H and O–H groups in total. The molecular formula is C16H26N4O3S. The summed E-state index contributed by atoms with van der Waals surface area (Å²) in [5, 5.41) is 7.33. The van der Waals surface area contributed by atoms with Gasteiger partial charge in [-0.15, -0.1) is 0 Å². The number of anilines is 1. The zero-order chi connectivity index (χ0) is 17.2. The molecule has 2 fully saturated rings. The second-order valence-corrected chi connectivity index (χ2v) is 9.14. The summed E-state index contributed by atoms with van der Waals surface area (Å²) in [5.41, 5.74) is 0.782. The highest BCUT2D eigenvalue weighted by Crippen LogP contribution is 2.27. The van der Waals surface area contributed by atoms with Gasteiger partial charge in [0.15, 0.2) is 9.84 Å². The molecule has 1 aromatic rings. The lowest BCUT2D eigenvalue weighted by Crippen LogP contribution is -2.34. The summed E-state index contributed by atoms with van der Waals surface area (Å²) >= 11 is 0. The van der Waals surface area contributed by atoms with Crippen molar-refractivity contribution in [2.45, 2.75) is 45.1 Å². The molecule has 2 aliphatic rings. The molecule has 8 heteroatoms. The number of hydrogen-bond acceptors (Lipinski definition) is 5. The highest BCUT2D eigenvalue weighted by molar-refractivity contribution is 7.91. The molecule has 0 spiro atoms. The van der Waals surface area contributed by atoms with Crippen LogP contribution < -0.4 is 5.32 Å². The Morgan fingerprint density at radius 1 is 1.29 bits per heavy atom. The second kappa shape index (κ2) is 7.23. The molecule has 0 saturated carbocycles. The van der Waals surface area contributed by atoms with Crippen molar-refractivity contribution in [1.82, 2.24) is 14.7 Å². The van der Waals surface area contributed by atoms with Gasteiger partial charge in [0.25, 0.3) is 0 Å². The lowest BCUT2D eigenvalue weighted by Gasteiger charge is -2.19. The summed E-state index contributed by atoms with van der Waals surface area (Å²) in [4.78, 5) is 14.6. The molecule has 0 bridgehead atoms. The number of hydrogen-bond donors (Lipinski definition) is 1. The standard InChI is InChI=1S/C16H26N4O3S/c1-13-10-15(20(18-13)14-6-9-24(22,23)12-14)17-16(21)11-19-7-4-2-3-5-8-19/h10,14H,2-9,11-12H2,1H3,(H,17,21). The van der Waals surface area contributed by atoms with Crippen molar-refractivity contribution in [3.8, 4) is 0 Å². The zero-order valence-electron chi connectivity index (χ0n) is 14.2. The van der Waals surface area contributed by atoms with Crippen molar-refractivity contribution in [2.24, 2.45) is 0 Å². The first-order valence-electron chi connectivity index (χ1n) is 8.72. The molecule has 0 aliphatic carbocycles. The van der Waals surface area contributed by atoms with E-state index in [0.29, 0.717) is 18.8 Å². The van der Waals surface area contributed by atoms with E-state index in [2.05, 4.69) is 15.3 Å². The van der Waals surface area contributed by atoms with Crippen LogP contribution in [-0.4, -0.2) is 60.1 Å². The van der Waals surface area contributed by atoms with Crippen molar-refractivity contribution < 1.29 is 13.2 Å². The van der Waals surface area contributed by atoms with Gasteiger partial charge in [-0.2, -0.15) is 5.10 Å². The van der Waals surface area contributed by atoms with E-state index in [1.165, 1.54) is 12.8 Å². The number of sulfone groups is 1. The van der Waals surface area contributed by atoms with E-state index in [-0.39, 0.29) is 23.5 Å². The lowest BCUT2D eigenvalue weighted by atomic mass is 10.2. The Morgan fingerprint density at radius 3 is 2.62 bits per heavy atom. The molecule has 2 saturated heterocycles. The van der Waals surface area contributed by atoms with Crippen LogP contribution in [0, 0.1) is 6.92 Å². The molecule has 1 unspecified atom stereocenters. The Morgan fingerprint density at radius 2 is 2.00 bits per heavy atom. The molecule has 0 aromatic carbocycles. The minimum absolute atomic E-state index is 0.0566. The van der Waals surface area contributed by atoms with E-state index >= 15 is 0 Å². The fraction of sp³-hybridized carbons (Fsp3) is 0.750. The SMILES string of the molecule is Cc1cc(NC(=O)CN2CCCCCC2)n(C2CCS(=O)(=O)C2)n1. The van der Waals surface area contributed by atoms with Gasteiger partial charge in [-0.05, 0) is 39.3 Å². The van der Waals surface area contributed by atoms with E-state index in [1.807, 2.05) is 13.0 Å². The number of aryl methyl sites for hydroxylation is 1. The smallest absolute Gasteiger partial charge is 0.239 e. The normalized spacial score (nSPS) is 24.6. The summed E-state index contributed by atoms with van der Waals surface area (Å²) in [7, 11) is -2.99. The van der Waals surface area contributed by atoms with Crippen LogP contribution in [0.4, 0.5) is 5.82 Å². The first kappa shape index (κ1) is 17.4. The van der Waals surface area contributed by atoms with Crippen LogP contribution in [0.2, 0.25) is 0 Å². The van der Waals surface area contributed by atoms with Gasteiger partial charge in [-0.1, -0.05) is 12.8 Å². The Hall–Kier alpha value is -1.41. The average molecular weight is 354 g/mol. The summed E-state index contributed by atoms with van der Waals surface area (Å²) in [6.45, 7) is 4.16. The molecule has 24 heavy (non-hydrogen) atoms. The topological polar surface area (TPSA) is 84.3 Å². The van der Waals surface area contributed by atoms with Crippen molar-refractivity contribution in [3.63, 3.8) is 0 Å². The van der Waals surface area contributed by atoms with Crippen molar-refractivity contribution in [1.29, 1.82) is 0 Å². The van der Waals surface area contributed by atoms with Gasteiger partial charge in [-0.3, -0.25) is 9.69 Å². The van der Waals surface area contributed by atoms with Crippen LogP contribution >= 0.6 is 0 Å². The summed E-state index contributed by atoms with van der Waals surface area (Å²) in [6.07, 6.45) is 5.31. The molecule has 134 valence electrons. The third kappa shape index (κ3) is 4.36. The van der Waals surface area contributed by atoms with E-state index in [0.717, 1.165) is 31.6 Å². The van der Waals surface area contributed by atoms with E-state index in [1.54, 1.807) is 4.68 Å². The minimum Gasteiger partial charge on any atom is -0.310 e. The summed E-state index contributed by atoms with van der Waals surface area (Å²) in [5.74, 6) is 0.842. The van der Waals surface area contributed by atoms with Gasteiger partial charge in [-0.25, -0.2) is 13.1 Å². The lowest BCUT2D eigenvalue weighted by molar-refractivity contribution is -0.117. The monoisotopic (exact) mass is 354 g/mol. The molecule has 7 nitrogen and oxygen atoms in total. The number of aromatic nitrogens is 2. The van der Waals surface area contributed by atoms with Crippen LogP contribution in [0.15, 0.2) is 6.07 Å². The van der Waals surface area contributed by atoms with E-state index in [9.17, 15) is 13.2 Å². The maximum Gasteiger partial charge on any atom is 0.239 e. The Labute approximate surface area is 143 Å². The van der Waals surface area contributed by atoms with Crippen molar-refractivity contribution in [2.75, 3.05) is 36.5 Å². The van der Waals surface area contributed by atoms with Gasteiger partial charge in [0.1, 0.15) is 5.82 Å². The molecule has 3 rings (SSSR count). The van der Waals surface area contributed by atoms with Gasteiger partial charge in [0, 0.05) is 6.07 Å². The number of likely N-dealkylation sites (tertiary alicyclic amines) is 1. The molecule has 0 radical (unpaired) electrons. The first-order chi connectivity index (χ1) is 11.4. The highest BCUT2D eigenvalue weighted by Gasteiger charge is 2.31. The van der Waals surface area contributed by atoms with Crippen molar-refractivity contribution in [3.05, 3.63) is 11.8 Å². The Bertz CT molecular complexity index is 690. The summed E-state index contributed by atoms with van der Waals surface area (Å²) in [6, 6.07) is 1.63. The van der Waals surface area contributed by atoms with Gasteiger partial charge in [0.05, 0.1) is 29.8 Å². The maximum atomic E-state index is 12.4. The predicted molar refractivity (Wildman–Crippen MR) is 92.8 cm³/mol. The van der Waals surface area contributed by atoms with Crippen LogP contribution in [0.25, 0.3) is 0 Å². The van der Waals surface area contributed by atoms with Crippen molar-refractivity contribution >= 4 is 21.6 Å². The molecule has 2 aliphatic heterocycles. The fourth-order valence-corrected chi connectivity index (χ4v) is 5.23. The van der Waals surface area contributed by atoms with Gasteiger partial charge in [0.2, 0.25) is 5.91 Å². The van der Waals surface area contributed by atoms with Crippen LogP contribution in [0.1, 0.15) is 43.8 Å². The number of rotatable bonds is 4. The van der Waals surface area contributed by atoms with Crippen LogP contribution in [0.3, 0.4) is 0 Å². The largest absolute Gasteiger partial charge is 0.310 e. The van der Waals surface area contributed by atoms with E-state index < -0.39 is 9.84 Å². The fourth-order valence-electron chi connectivity index (χ4n) is 3.54. The second-order valence-electron chi connectivity index (χ2n) is 6.91. The minimum atomic E-state index is -2.99. The number of nitrogens with one attached hydrogen (secondary N) is 1. The number of carbonyl (C=O) groups is 1. The Kier molecular flexibility index (Phi) is 5.24. The average Bonchev–Trinajstić information content (AvgIpc) is 2.92. The predicted octanol–water partition coefficient (Wildman–Crippen LogP) is 1.37. The number of amides is 1. The first-order valence-corrected chi connectivity index (χ1v) is 10.5. The number of carbonyl (C=O) groups excluding carboxylic acids is 1. The van der Waals surface area contributed by atoms with Crippen LogP contribution in [-0.2, 0) is 14.6 Å². The van der Waals surface area contributed by atoms with Crippen LogP contribution in [0.5, 0.6) is 0 Å². The highest BCUT2D eigenvalue weighted by atomic mass is 32.2. The quantitative estimate of drug-likeness (QED) is 0.883. The van der Waals surface area contributed by atoms with Gasteiger partial charge < -0.3 is 5.32 Å². The third-order valence-corrected chi connectivity index (χ3v) is 6.50. The molecule has 1 aromatic heterocycles. The molecule has 3 heterocycles. The number of nitrogens with zero attached hydrogens (tertiary/aromatic N) is 3.